The molecule has 0 amide bonds. The molecule has 1 aromatic carbocycles. The molecule has 0 atom stereocenters. The molecule has 0 saturated carbocycles. The van der Waals surface area contributed by atoms with Gasteiger partial charge < -0.3 is 5.32 Å². The molecule has 0 radical (unpaired) electrons. The number of pyridine rings is 1. The second-order valence-corrected chi connectivity index (χ2v) is 8.52. The number of alkyl halides is 3. The van der Waals surface area contributed by atoms with Crippen molar-refractivity contribution >= 4 is 32.1 Å². The Hall–Kier alpha value is -2.79. The van der Waals surface area contributed by atoms with Gasteiger partial charge in [-0.15, -0.1) is 0 Å². The highest BCUT2D eigenvalue weighted by atomic mass is 32.2. The van der Waals surface area contributed by atoms with Crippen LogP contribution in [0, 0.1) is 0 Å². The number of thiazole rings is 1. The number of carbonyl (C=O) groups excluding carboxylic acids is 1. The molecule has 0 aliphatic heterocycles. The molecular formula is C17H12F3N3O3S2. The standard InChI is InChI=1S/C17H12F3N3O3S2/c18-17(19,20)28(25,26)13-5-1-4-12(7-13)15(24)14-10-23-16(27-14)22-9-11-3-2-6-21-8-11/h1-8,10H,9H2,(H,22,23). The van der Waals surface area contributed by atoms with Crippen molar-refractivity contribution in [2.45, 2.75) is 16.9 Å². The zero-order valence-corrected chi connectivity index (χ0v) is 15.6. The molecule has 11 heteroatoms. The molecule has 0 aliphatic carbocycles. The van der Waals surface area contributed by atoms with E-state index in [1.54, 1.807) is 18.5 Å². The van der Waals surface area contributed by atoms with E-state index in [2.05, 4.69) is 15.3 Å². The van der Waals surface area contributed by atoms with Crippen LogP contribution in [0.2, 0.25) is 0 Å². The summed E-state index contributed by atoms with van der Waals surface area (Å²) in [4.78, 5) is 19.7. The van der Waals surface area contributed by atoms with Crippen molar-refractivity contribution < 1.29 is 26.4 Å². The lowest BCUT2D eigenvalue weighted by Gasteiger charge is -2.08. The summed E-state index contributed by atoms with van der Waals surface area (Å²) in [6.07, 6.45) is 4.58. The van der Waals surface area contributed by atoms with Gasteiger partial charge in [0.05, 0.1) is 16.0 Å². The first-order chi connectivity index (χ1) is 13.2. The van der Waals surface area contributed by atoms with E-state index in [9.17, 15) is 26.4 Å². The predicted molar refractivity (Wildman–Crippen MR) is 96.8 cm³/mol. The van der Waals surface area contributed by atoms with Gasteiger partial charge in [0.15, 0.2) is 5.13 Å². The first-order valence-electron chi connectivity index (χ1n) is 7.73. The Morgan fingerprint density at radius 1 is 1.14 bits per heavy atom. The van der Waals surface area contributed by atoms with Crippen molar-refractivity contribution in [3.05, 3.63) is 71.0 Å². The van der Waals surface area contributed by atoms with Crippen molar-refractivity contribution in [3.8, 4) is 0 Å². The first-order valence-corrected chi connectivity index (χ1v) is 10.0. The fourth-order valence-corrected chi connectivity index (χ4v) is 3.80. The Bertz CT molecular complexity index is 1100. The van der Waals surface area contributed by atoms with E-state index in [1.807, 2.05) is 6.07 Å². The SMILES string of the molecule is O=C(c1cccc(S(=O)(=O)C(F)(F)F)c1)c1cnc(NCc2cccnc2)s1. The average Bonchev–Trinajstić information content (AvgIpc) is 3.15. The van der Waals surface area contributed by atoms with Crippen molar-refractivity contribution in [1.82, 2.24) is 9.97 Å². The molecule has 0 saturated heterocycles. The van der Waals surface area contributed by atoms with E-state index < -0.39 is 26.0 Å². The number of nitrogens with zero attached hydrogens (tertiary/aromatic N) is 2. The van der Waals surface area contributed by atoms with Crippen LogP contribution in [0.15, 0.2) is 59.9 Å². The third-order valence-corrected chi connectivity index (χ3v) is 6.05. The molecule has 146 valence electrons. The maximum Gasteiger partial charge on any atom is 0.501 e. The zero-order chi connectivity index (χ0) is 20.4. The maximum atomic E-state index is 12.7. The Morgan fingerprint density at radius 3 is 2.61 bits per heavy atom. The van der Waals surface area contributed by atoms with Gasteiger partial charge in [-0.05, 0) is 23.8 Å². The van der Waals surface area contributed by atoms with E-state index in [0.29, 0.717) is 17.7 Å². The fourth-order valence-electron chi connectivity index (χ4n) is 2.22. The molecule has 0 aliphatic rings. The van der Waals surface area contributed by atoms with E-state index >= 15 is 0 Å². The Labute approximate surface area is 162 Å². The minimum absolute atomic E-state index is 0.162. The van der Waals surface area contributed by atoms with Crippen LogP contribution in [0.25, 0.3) is 0 Å². The quantitative estimate of drug-likeness (QED) is 0.604. The number of ketones is 1. The van der Waals surface area contributed by atoms with Crippen LogP contribution >= 0.6 is 11.3 Å². The number of benzene rings is 1. The van der Waals surface area contributed by atoms with Crippen LogP contribution in [0.1, 0.15) is 20.8 Å². The minimum atomic E-state index is -5.53. The van der Waals surface area contributed by atoms with Crippen LogP contribution in [-0.4, -0.2) is 29.7 Å². The molecule has 0 unspecified atom stereocenters. The van der Waals surface area contributed by atoms with Gasteiger partial charge in [0.2, 0.25) is 5.78 Å². The number of rotatable bonds is 6. The Morgan fingerprint density at radius 2 is 1.93 bits per heavy atom. The van der Waals surface area contributed by atoms with Gasteiger partial charge in [-0.1, -0.05) is 29.5 Å². The van der Waals surface area contributed by atoms with Crippen LogP contribution in [0.3, 0.4) is 0 Å². The predicted octanol–water partition coefficient (Wildman–Crippen LogP) is 3.67. The molecule has 1 N–H and O–H groups in total. The van der Waals surface area contributed by atoms with Gasteiger partial charge in [-0.25, -0.2) is 13.4 Å². The third-order valence-electron chi connectivity index (χ3n) is 3.61. The van der Waals surface area contributed by atoms with Crippen molar-refractivity contribution in [3.63, 3.8) is 0 Å². The van der Waals surface area contributed by atoms with Crippen LogP contribution in [0.4, 0.5) is 18.3 Å². The summed E-state index contributed by atoms with van der Waals surface area (Å²) in [5.41, 5.74) is -4.72. The second-order valence-electron chi connectivity index (χ2n) is 5.55. The highest BCUT2D eigenvalue weighted by Gasteiger charge is 2.47. The maximum absolute atomic E-state index is 12.7. The molecule has 2 heterocycles. The van der Waals surface area contributed by atoms with E-state index in [4.69, 9.17) is 0 Å². The summed E-state index contributed by atoms with van der Waals surface area (Å²) in [5, 5.41) is 3.45. The number of hydrogen-bond donors (Lipinski definition) is 1. The second kappa shape index (κ2) is 7.68. The lowest BCUT2D eigenvalue weighted by molar-refractivity contribution is -0.0436. The molecule has 0 spiro atoms. The number of nitrogens with one attached hydrogen (secondary N) is 1. The molecule has 3 rings (SSSR count). The van der Waals surface area contributed by atoms with Crippen LogP contribution < -0.4 is 5.32 Å². The van der Waals surface area contributed by atoms with E-state index in [0.717, 1.165) is 29.0 Å². The van der Waals surface area contributed by atoms with Gasteiger partial charge in [-0.3, -0.25) is 9.78 Å². The van der Waals surface area contributed by atoms with Crippen molar-refractivity contribution in [1.29, 1.82) is 0 Å². The van der Waals surface area contributed by atoms with Crippen molar-refractivity contribution in [2.24, 2.45) is 0 Å². The summed E-state index contributed by atoms with van der Waals surface area (Å²) < 4.78 is 61.2. The van der Waals surface area contributed by atoms with Crippen LogP contribution in [0.5, 0.6) is 0 Å². The van der Waals surface area contributed by atoms with Gasteiger partial charge in [0, 0.05) is 24.5 Å². The molecule has 2 aromatic heterocycles. The number of halogens is 3. The van der Waals surface area contributed by atoms with Gasteiger partial charge in [0.25, 0.3) is 9.84 Å². The highest BCUT2D eigenvalue weighted by Crippen LogP contribution is 2.31. The lowest BCUT2D eigenvalue weighted by atomic mass is 10.1. The summed E-state index contributed by atoms with van der Waals surface area (Å²) in [5.74, 6) is -0.619. The molecule has 3 aromatic rings. The number of carbonyl (C=O) groups is 1. The van der Waals surface area contributed by atoms with Gasteiger partial charge in [0.1, 0.15) is 0 Å². The topological polar surface area (TPSA) is 89.0 Å². The summed E-state index contributed by atoms with van der Waals surface area (Å²) in [6.45, 7) is 0.425. The first kappa shape index (κ1) is 20.0. The van der Waals surface area contributed by atoms with Crippen molar-refractivity contribution in [2.75, 3.05) is 5.32 Å². The van der Waals surface area contributed by atoms with Crippen LogP contribution in [-0.2, 0) is 16.4 Å². The molecule has 6 nitrogen and oxygen atoms in total. The fraction of sp³-hybridized carbons (Fsp3) is 0.118. The monoisotopic (exact) mass is 427 g/mol. The number of sulfone groups is 1. The minimum Gasteiger partial charge on any atom is -0.357 e. The summed E-state index contributed by atoms with van der Waals surface area (Å²) in [6, 6.07) is 7.48. The van der Waals surface area contributed by atoms with E-state index in [-0.39, 0.29) is 10.4 Å². The number of aromatic nitrogens is 2. The normalized spacial score (nSPS) is 12.0. The number of anilines is 1. The summed E-state index contributed by atoms with van der Waals surface area (Å²) >= 11 is 1.01. The molecule has 0 fully saturated rings. The Kier molecular flexibility index (Phi) is 5.47. The van der Waals surface area contributed by atoms with E-state index in [1.165, 1.54) is 12.3 Å². The zero-order valence-electron chi connectivity index (χ0n) is 14.0. The van der Waals surface area contributed by atoms with Gasteiger partial charge >= 0.3 is 5.51 Å². The highest BCUT2D eigenvalue weighted by molar-refractivity contribution is 7.92. The molecule has 0 bridgehead atoms. The smallest absolute Gasteiger partial charge is 0.357 e. The lowest BCUT2D eigenvalue weighted by Crippen LogP contribution is -2.23. The summed E-state index contributed by atoms with van der Waals surface area (Å²) in [7, 11) is -5.53. The van der Waals surface area contributed by atoms with Gasteiger partial charge in [-0.2, -0.15) is 13.2 Å². The molecular weight excluding hydrogens is 415 g/mol. The Balaban J connectivity index is 1.78. The third kappa shape index (κ3) is 4.20. The number of hydrogen-bond acceptors (Lipinski definition) is 7. The average molecular weight is 427 g/mol. The largest absolute Gasteiger partial charge is 0.501 e. The molecule has 28 heavy (non-hydrogen) atoms.